The van der Waals surface area contributed by atoms with Crippen molar-refractivity contribution in [2.75, 3.05) is 5.01 Å². The summed E-state index contributed by atoms with van der Waals surface area (Å²) in [6, 6.07) is 9.04. The van der Waals surface area contributed by atoms with Gasteiger partial charge in [0.1, 0.15) is 4.90 Å². The molecule has 1 N–H and O–H groups in total. The number of carboxylic acids is 1. The third-order valence-corrected chi connectivity index (χ3v) is 4.86. The molecule has 0 aliphatic carbocycles. The number of anilines is 2. The first-order valence-electron chi connectivity index (χ1n) is 5.99. The number of rotatable bonds is 2. The Balaban J connectivity index is 2.27. The van der Waals surface area contributed by atoms with Gasteiger partial charge in [0.05, 0.1) is 5.69 Å². The zero-order valence-electron chi connectivity index (χ0n) is 10.8. The maximum atomic E-state index is 12.3. The lowest BCUT2D eigenvalue weighted by Crippen LogP contribution is -2.33. The summed E-state index contributed by atoms with van der Waals surface area (Å²) in [6.07, 6.45) is 1.40. The zero-order valence-corrected chi connectivity index (χ0v) is 12.4. The highest BCUT2D eigenvalue weighted by Crippen LogP contribution is 2.35. The first kappa shape index (κ1) is 14.5. The molecule has 0 unspecified atom stereocenters. The maximum absolute atomic E-state index is 12.3. The first-order chi connectivity index (χ1) is 10.4. The molecule has 1 aliphatic heterocycles. The van der Waals surface area contributed by atoms with Gasteiger partial charge < -0.3 is 5.11 Å². The number of pyridine rings is 1. The summed E-state index contributed by atoms with van der Waals surface area (Å²) in [5.41, 5.74) is 0.443. The number of hydrogen-bond acceptors (Lipinski definition) is 6. The molecule has 0 spiro atoms. The fraction of sp³-hybridized carbons (Fsp3) is 0. The molecule has 7 nitrogen and oxygen atoms in total. The fourth-order valence-corrected chi connectivity index (χ4v) is 3.36. The third-order valence-electron chi connectivity index (χ3n) is 2.94. The summed E-state index contributed by atoms with van der Waals surface area (Å²) in [4.78, 5) is 15.0. The smallest absolute Gasteiger partial charge is 0.368 e. The molecule has 0 amide bonds. The zero-order chi connectivity index (χ0) is 15.9. The number of fused-ring (bicyclic) bond motifs is 1. The van der Waals surface area contributed by atoms with Gasteiger partial charge in [-0.05, 0) is 36.4 Å². The Morgan fingerprint density at radius 3 is 2.50 bits per heavy atom. The molecule has 1 aromatic heterocycles. The van der Waals surface area contributed by atoms with Crippen LogP contribution in [-0.2, 0) is 14.6 Å². The van der Waals surface area contributed by atoms with Crippen molar-refractivity contribution in [2.24, 2.45) is 5.10 Å². The Labute approximate surface area is 130 Å². The van der Waals surface area contributed by atoms with E-state index in [4.69, 9.17) is 16.7 Å². The number of hydrazone groups is 1. The van der Waals surface area contributed by atoms with Crippen LogP contribution in [0, 0.1) is 0 Å². The molecule has 0 bridgehead atoms. The number of halogens is 1. The van der Waals surface area contributed by atoms with Crippen molar-refractivity contribution in [3.63, 3.8) is 0 Å². The van der Waals surface area contributed by atoms with E-state index in [1.807, 2.05) is 0 Å². The van der Waals surface area contributed by atoms with Crippen LogP contribution in [0.5, 0.6) is 0 Å². The molecule has 112 valence electrons. The van der Waals surface area contributed by atoms with Gasteiger partial charge in [-0.25, -0.2) is 23.2 Å². The van der Waals surface area contributed by atoms with Gasteiger partial charge in [-0.3, -0.25) is 0 Å². The Kier molecular flexibility index (Phi) is 3.34. The number of carbonyl (C=O) groups is 1. The maximum Gasteiger partial charge on any atom is 0.368 e. The van der Waals surface area contributed by atoms with Gasteiger partial charge in [-0.1, -0.05) is 11.6 Å². The van der Waals surface area contributed by atoms with E-state index in [-0.39, 0.29) is 10.7 Å². The molecule has 0 fully saturated rings. The van der Waals surface area contributed by atoms with E-state index in [2.05, 4.69) is 10.1 Å². The van der Waals surface area contributed by atoms with Crippen LogP contribution < -0.4 is 5.01 Å². The summed E-state index contributed by atoms with van der Waals surface area (Å²) in [5, 5.41) is 13.6. The largest absolute Gasteiger partial charge is 0.476 e. The van der Waals surface area contributed by atoms with Crippen LogP contribution in [-0.4, -0.2) is 29.5 Å². The molecule has 0 saturated carbocycles. The van der Waals surface area contributed by atoms with Gasteiger partial charge in [-0.2, -0.15) is 0 Å². The second kappa shape index (κ2) is 5.08. The van der Waals surface area contributed by atoms with Gasteiger partial charge in [0.25, 0.3) is 5.04 Å². The van der Waals surface area contributed by atoms with Crippen LogP contribution in [0.25, 0.3) is 0 Å². The van der Waals surface area contributed by atoms with E-state index in [1.54, 1.807) is 24.3 Å². The highest BCUT2D eigenvalue weighted by atomic mass is 35.5. The second-order valence-electron chi connectivity index (χ2n) is 4.33. The van der Waals surface area contributed by atoms with E-state index < -0.39 is 20.9 Å². The Bertz CT molecular complexity index is 894. The van der Waals surface area contributed by atoms with E-state index in [0.29, 0.717) is 10.7 Å². The van der Waals surface area contributed by atoms with E-state index in [0.717, 1.165) is 5.01 Å². The van der Waals surface area contributed by atoms with Crippen LogP contribution in [0.1, 0.15) is 0 Å². The average molecular weight is 338 g/mol. The molecular weight excluding hydrogens is 330 g/mol. The minimum atomic E-state index is -4.21. The Hall–Kier alpha value is -2.45. The number of nitrogens with zero attached hydrogens (tertiary/aromatic N) is 3. The predicted octanol–water partition coefficient (Wildman–Crippen LogP) is 2.06. The molecular formula is C13H8ClN3O4S. The molecule has 22 heavy (non-hydrogen) atoms. The molecule has 3 rings (SSSR count). The van der Waals surface area contributed by atoms with Crippen LogP contribution in [0.3, 0.4) is 0 Å². The summed E-state index contributed by atoms with van der Waals surface area (Å²) >= 11 is 5.82. The quantitative estimate of drug-likeness (QED) is 0.900. The molecule has 9 heteroatoms. The van der Waals surface area contributed by atoms with Gasteiger partial charge in [0, 0.05) is 11.2 Å². The SMILES string of the molecule is O=C(O)C1=NN(c2ccc(Cl)cc2)c2ncccc2S1(=O)=O. The molecule has 0 saturated heterocycles. The number of aliphatic carboxylic acids is 1. The van der Waals surface area contributed by atoms with Crippen molar-refractivity contribution in [2.45, 2.75) is 4.90 Å². The lowest BCUT2D eigenvalue weighted by Gasteiger charge is -2.25. The van der Waals surface area contributed by atoms with Crippen molar-refractivity contribution < 1.29 is 18.3 Å². The highest BCUT2D eigenvalue weighted by molar-refractivity contribution is 8.08. The lowest BCUT2D eigenvalue weighted by molar-refractivity contribution is -0.129. The Morgan fingerprint density at radius 1 is 1.18 bits per heavy atom. The number of carboxylic acid groups (broad SMARTS) is 1. The summed E-state index contributed by atoms with van der Waals surface area (Å²) in [5.74, 6) is -1.59. The van der Waals surface area contributed by atoms with Gasteiger partial charge in [0.2, 0.25) is 9.84 Å². The van der Waals surface area contributed by atoms with E-state index in [1.165, 1.54) is 18.3 Å². The van der Waals surface area contributed by atoms with Crippen molar-refractivity contribution in [1.82, 2.24) is 4.98 Å². The van der Waals surface area contributed by atoms with Crippen molar-refractivity contribution in [1.29, 1.82) is 0 Å². The number of hydrogen-bond donors (Lipinski definition) is 1. The van der Waals surface area contributed by atoms with Crippen LogP contribution in [0.15, 0.2) is 52.6 Å². The van der Waals surface area contributed by atoms with Crippen LogP contribution in [0.4, 0.5) is 11.5 Å². The third kappa shape index (κ3) is 2.22. The minimum Gasteiger partial charge on any atom is -0.476 e. The molecule has 1 aromatic carbocycles. The van der Waals surface area contributed by atoms with Crippen molar-refractivity contribution in [3.05, 3.63) is 47.6 Å². The fourth-order valence-electron chi connectivity index (χ4n) is 1.97. The highest BCUT2D eigenvalue weighted by Gasteiger charge is 2.38. The normalized spacial score (nSPS) is 15.9. The summed E-state index contributed by atoms with van der Waals surface area (Å²) in [6.45, 7) is 0. The lowest BCUT2D eigenvalue weighted by atomic mass is 10.3. The number of sulfone groups is 1. The second-order valence-corrected chi connectivity index (χ2v) is 6.60. The van der Waals surface area contributed by atoms with E-state index >= 15 is 0 Å². The van der Waals surface area contributed by atoms with Crippen LogP contribution >= 0.6 is 11.6 Å². The first-order valence-corrected chi connectivity index (χ1v) is 7.85. The average Bonchev–Trinajstić information content (AvgIpc) is 2.48. The summed E-state index contributed by atoms with van der Waals surface area (Å²) < 4.78 is 24.6. The topological polar surface area (TPSA) is 99.9 Å². The van der Waals surface area contributed by atoms with Crippen molar-refractivity contribution >= 4 is 44.0 Å². The number of benzene rings is 1. The van der Waals surface area contributed by atoms with Gasteiger partial charge in [-0.15, -0.1) is 5.10 Å². The standard InChI is InChI=1S/C13H8ClN3O4S/c14-8-3-5-9(6-4-8)17-11-10(2-1-7-15-11)22(20,21)12(16-17)13(18)19/h1-7H,(H,18,19). The molecule has 2 heterocycles. The van der Waals surface area contributed by atoms with Gasteiger partial charge in [0.15, 0.2) is 5.82 Å². The monoisotopic (exact) mass is 337 g/mol. The predicted molar refractivity (Wildman–Crippen MR) is 80.1 cm³/mol. The minimum absolute atomic E-state index is 0.0369. The molecule has 0 atom stereocenters. The number of aromatic nitrogens is 1. The van der Waals surface area contributed by atoms with Crippen LogP contribution in [0.2, 0.25) is 5.02 Å². The van der Waals surface area contributed by atoms with E-state index in [9.17, 15) is 13.2 Å². The van der Waals surface area contributed by atoms with Crippen molar-refractivity contribution in [3.8, 4) is 0 Å². The van der Waals surface area contributed by atoms with Gasteiger partial charge >= 0.3 is 5.97 Å². The molecule has 2 aromatic rings. The summed E-state index contributed by atoms with van der Waals surface area (Å²) in [7, 11) is -4.21. The molecule has 1 aliphatic rings. The molecule has 0 radical (unpaired) electrons. The Morgan fingerprint density at radius 2 is 1.86 bits per heavy atom.